The van der Waals surface area contributed by atoms with Crippen molar-refractivity contribution in [2.45, 2.75) is 6.92 Å². The van der Waals surface area contributed by atoms with Crippen molar-refractivity contribution in [2.24, 2.45) is 5.34 Å². The first-order valence-corrected chi connectivity index (χ1v) is 2.64. The fraction of sp³-hybridized carbons (Fsp3) is 0.167. The van der Waals surface area contributed by atoms with Crippen LogP contribution in [0.25, 0.3) is 0 Å². The summed E-state index contributed by atoms with van der Waals surface area (Å²) >= 11 is 0. The Morgan fingerprint density at radius 3 is 2.00 bits per heavy atom. The smallest absolute Gasteiger partial charge is 0.545 e. The minimum absolute atomic E-state index is 0. The van der Waals surface area contributed by atoms with E-state index in [1.54, 1.807) is 19.1 Å². The molecule has 0 atom stereocenters. The Morgan fingerprint density at radius 1 is 1.38 bits per heavy atom. The summed E-state index contributed by atoms with van der Waals surface area (Å²) in [5, 5.41) is 18.6. The van der Waals surface area contributed by atoms with Crippen molar-refractivity contribution >= 4 is 5.97 Å². The molecule has 0 heterocycles. The molecule has 0 unspecified atom stereocenters. The normalized spacial score (nSPS) is 7.77. The summed E-state index contributed by atoms with van der Waals surface area (Å²) in [5.41, 5.74) is 0. The van der Waals surface area contributed by atoms with Crippen LogP contribution < -0.4 is 86.0 Å². The molecular formula is C6H7KNNaO4. The Hall–Kier alpha value is 0.986. The maximum atomic E-state index is 9.64. The molecule has 62 valence electrons. The van der Waals surface area contributed by atoms with Crippen molar-refractivity contribution in [1.29, 1.82) is 0 Å². The van der Waals surface area contributed by atoms with Gasteiger partial charge in [0.15, 0.2) is 0 Å². The first-order valence-electron chi connectivity index (χ1n) is 2.64. The van der Waals surface area contributed by atoms with Crippen LogP contribution in [0.5, 0.6) is 0 Å². The number of hydrogen-bond donors (Lipinski definition) is 0. The summed E-state index contributed by atoms with van der Waals surface area (Å²) < 4.78 is 0. The number of rotatable bonds is 2. The molecular weight excluding hydrogens is 212 g/mol. The molecule has 0 bridgehead atoms. The fourth-order valence-electron chi connectivity index (χ4n) is 0.245. The first kappa shape index (κ1) is 23.7. The molecule has 0 aliphatic heterocycles. The second-order valence-electron chi connectivity index (χ2n) is 1.28. The largest absolute Gasteiger partial charge is 1.00 e. The molecule has 0 saturated carbocycles. The predicted octanol–water partition coefficient (Wildman–Crippen LogP) is -5.87. The Balaban J connectivity index is -0.0000000720. The number of carbonyl (C=O) groups excluding carboxylic acids is 1. The topological polar surface area (TPSA) is 92.6 Å². The second kappa shape index (κ2) is 23.1. The van der Waals surface area contributed by atoms with Gasteiger partial charge in [-0.2, -0.15) is 0 Å². The molecule has 0 rings (SSSR count). The Morgan fingerprint density at radius 2 is 1.77 bits per heavy atom. The molecule has 0 aliphatic carbocycles. The van der Waals surface area contributed by atoms with E-state index in [-0.39, 0.29) is 80.9 Å². The van der Waals surface area contributed by atoms with Gasteiger partial charge in [-0.3, -0.25) is 0 Å². The van der Waals surface area contributed by atoms with E-state index >= 15 is 0 Å². The van der Waals surface area contributed by atoms with E-state index in [1.165, 1.54) is 6.08 Å². The second-order valence-corrected chi connectivity index (χ2v) is 1.28. The van der Waals surface area contributed by atoms with Gasteiger partial charge >= 0.3 is 80.9 Å². The summed E-state index contributed by atoms with van der Waals surface area (Å²) in [6, 6.07) is 0. The Kier molecular flexibility index (Phi) is 42.0. The zero-order chi connectivity index (χ0) is 9.11. The molecule has 0 spiro atoms. The number of allylic oxidation sites excluding steroid dienone is 3. The number of nitrogens with zero attached hydrogens (tertiary/aromatic N) is 1. The number of carbonyl (C=O) groups is 1. The van der Waals surface area contributed by atoms with Gasteiger partial charge in [0.2, 0.25) is 0 Å². The maximum Gasteiger partial charge on any atom is 1.00 e. The van der Waals surface area contributed by atoms with Crippen LogP contribution in [0.2, 0.25) is 0 Å². The number of aliphatic carboxylic acids is 1. The van der Waals surface area contributed by atoms with Crippen molar-refractivity contribution in [2.75, 3.05) is 0 Å². The fourth-order valence-corrected chi connectivity index (χ4v) is 0.245. The first-order chi connectivity index (χ1) is 5.18. The molecule has 0 radical (unpaired) electrons. The van der Waals surface area contributed by atoms with Crippen LogP contribution in [0.15, 0.2) is 29.6 Å². The van der Waals surface area contributed by atoms with E-state index in [4.69, 9.17) is 10.1 Å². The van der Waals surface area contributed by atoms with Gasteiger partial charge in [0.25, 0.3) is 0 Å². The molecule has 0 saturated heterocycles. The Labute approximate surface area is 141 Å². The molecule has 0 aliphatic rings. The van der Waals surface area contributed by atoms with Gasteiger partial charge in [-0.15, -0.1) is 5.34 Å². The average molecular weight is 219 g/mol. The molecule has 0 aromatic rings. The van der Waals surface area contributed by atoms with Gasteiger partial charge in [0.1, 0.15) is 0 Å². The van der Waals surface area contributed by atoms with Crippen LogP contribution in [0.4, 0.5) is 0 Å². The van der Waals surface area contributed by atoms with Crippen molar-refractivity contribution in [1.82, 2.24) is 0 Å². The predicted molar refractivity (Wildman–Crippen MR) is 38.1 cm³/mol. The summed E-state index contributed by atoms with van der Waals surface area (Å²) in [6.45, 7) is 1.81. The third-order valence-corrected chi connectivity index (χ3v) is 0.536. The van der Waals surface area contributed by atoms with Crippen LogP contribution in [-0.2, 0) is 4.79 Å². The molecule has 5 nitrogen and oxygen atoms in total. The van der Waals surface area contributed by atoms with Crippen molar-refractivity contribution in [3.8, 4) is 0 Å². The van der Waals surface area contributed by atoms with Gasteiger partial charge in [-0.05, 0) is 13.0 Å². The van der Waals surface area contributed by atoms with E-state index in [2.05, 4.69) is 0 Å². The SMILES string of the molecule is CC=CC=CC(=O)[O-].O=N[O-].[K+].[Na+]. The van der Waals surface area contributed by atoms with Crippen LogP contribution in [-0.4, -0.2) is 5.97 Å². The molecule has 7 heteroatoms. The minimum Gasteiger partial charge on any atom is -0.545 e. The van der Waals surface area contributed by atoms with E-state index in [1.807, 2.05) is 0 Å². The van der Waals surface area contributed by atoms with Crippen LogP contribution in [0.3, 0.4) is 0 Å². The van der Waals surface area contributed by atoms with Crippen molar-refractivity contribution in [3.05, 3.63) is 34.4 Å². The van der Waals surface area contributed by atoms with E-state index in [9.17, 15) is 9.90 Å². The summed E-state index contributed by atoms with van der Waals surface area (Å²) in [6.07, 6.45) is 5.74. The monoisotopic (exact) mass is 219 g/mol. The summed E-state index contributed by atoms with van der Waals surface area (Å²) in [7, 11) is 0. The van der Waals surface area contributed by atoms with Gasteiger partial charge in [-0.1, -0.05) is 18.2 Å². The number of carboxylic acid groups (broad SMARTS) is 1. The molecule has 13 heavy (non-hydrogen) atoms. The average Bonchev–Trinajstić information content (AvgIpc) is 1.89. The van der Waals surface area contributed by atoms with Crippen molar-refractivity contribution in [3.63, 3.8) is 0 Å². The zero-order valence-corrected chi connectivity index (χ0v) is 13.0. The van der Waals surface area contributed by atoms with Crippen LogP contribution in [0, 0.1) is 10.1 Å². The van der Waals surface area contributed by atoms with Gasteiger partial charge in [0.05, 0.1) is 5.97 Å². The molecule has 0 fully saturated rings. The minimum atomic E-state index is -1.16. The molecule has 0 amide bonds. The molecule has 0 N–H and O–H groups in total. The van der Waals surface area contributed by atoms with E-state index < -0.39 is 5.97 Å². The van der Waals surface area contributed by atoms with Gasteiger partial charge < -0.3 is 20.0 Å². The third-order valence-electron chi connectivity index (χ3n) is 0.536. The summed E-state index contributed by atoms with van der Waals surface area (Å²) in [5.74, 6) is -1.16. The van der Waals surface area contributed by atoms with Crippen LogP contribution >= 0.6 is 0 Å². The summed E-state index contributed by atoms with van der Waals surface area (Å²) in [4.78, 5) is 17.6. The van der Waals surface area contributed by atoms with Crippen molar-refractivity contribution < 1.29 is 90.8 Å². The zero-order valence-electron chi connectivity index (χ0n) is 7.89. The quantitative estimate of drug-likeness (QED) is 0.152. The maximum absolute atomic E-state index is 9.64. The van der Waals surface area contributed by atoms with Crippen LogP contribution in [0.1, 0.15) is 6.92 Å². The number of hydrogen-bond acceptors (Lipinski definition) is 5. The Bertz CT molecular complexity index is 172. The number of carboxylic acids is 1. The van der Waals surface area contributed by atoms with E-state index in [0.29, 0.717) is 0 Å². The van der Waals surface area contributed by atoms with E-state index in [0.717, 1.165) is 11.4 Å². The van der Waals surface area contributed by atoms with Gasteiger partial charge in [0, 0.05) is 0 Å². The third kappa shape index (κ3) is 43.7. The van der Waals surface area contributed by atoms with Gasteiger partial charge in [-0.25, -0.2) is 0 Å². The standard InChI is InChI=1S/C6H8O2.K.HNO2.Na/c1-2-3-4-5-6(7)8;;2-1-3;/h2-5H,1H3,(H,7,8);;(H,2,3);/q;+1;;+1/p-2. The molecule has 0 aromatic heterocycles. The molecule has 0 aromatic carbocycles.